The number of hydrogen-bond acceptors (Lipinski definition) is 4. The molecular formula is C21H27F3N2O3. The molecule has 0 aliphatic carbocycles. The van der Waals surface area contributed by atoms with Gasteiger partial charge in [-0.3, -0.25) is 9.69 Å². The van der Waals surface area contributed by atoms with Gasteiger partial charge in [-0.15, -0.1) is 0 Å². The van der Waals surface area contributed by atoms with Crippen molar-refractivity contribution in [1.82, 2.24) is 9.80 Å². The van der Waals surface area contributed by atoms with E-state index in [1.807, 2.05) is 30.3 Å². The van der Waals surface area contributed by atoms with Crippen molar-refractivity contribution < 1.29 is 27.8 Å². The zero-order valence-electron chi connectivity index (χ0n) is 16.3. The Balaban J connectivity index is 1.55. The van der Waals surface area contributed by atoms with Gasteiger partial charge in [0.1, 0.15) is 0 Å². The monoisotopic (exact) mass is 412 g/mol. The minimum absolute atomic E-state index is 0.00926. The van der Waals surface area contributed by atoms with Gasteiger partial charge >= 0.3 is 6.18 Å². The molecule has 1 amide bonds. The van der Waals surface area contributed by atoms with Crippen LogP contribution in [0, 0.1) is 5.92 Å². The predicted octanol–water partition coefficient (Wildman–Crippen LogP) is 2.41. The Hall–Kier alpha value is -1.64. The summed E-state index contributed by atoms with van der Waals surface area (Å²) < 4.78 is 43.3. The third-order valence-electron chi connectivity index (χ3n) is 6.64. The van der Waals surface area contributed by atoms with Crippen LogP contribution in [0.1, 0.15) is 30.7 Å². The van der Waals surface area contributed by atoms with Gasteiger partial charge < -0.3 is 14.7 Å². The van der Waals surface area contributed by atoms with Gasteiger partial charge in [-0.05, 0) is 18.4 Å². The van der Waals surface area contributed by atoms with Crippen LogP contribution in [0.25, 0.3) is 0 Å². The van der Waals surface area contributed by atoms with E-state index < -0.39 is 18.1 Å². The molecule has 3 heterocycles. The van der Waals surface area contributed by atoms with Gasteiger partial charge in [0.05, 0.1) is 24.6 Å². The van der Waals surface area contributed by atoms with Crippen LogP contribution in [0.15, 0.2) is 30.3 Å². The van der Waals surface area contributed by atoms with Gasteiger partial charge in [-0.2, -0.15) is 13.2 Å². The summed E-state index contributed by atoms with van der Waals surface area (Å²) in [5.41, 5.74) is 0.494. The van der Waals surface area contributed by atoms with Crippen LogP contribution in [-0.4, -0.2) is 78.0 Å². The van der Waals surface area contributed by atoms with E-state index in [9.17, 15) is 23.1 Å². The fraction of sp³-hybridized carbons (Fsp3) is 0.667. The van der Waals surface area contributed by atoms with Crippen molar-refractivity contribution in [3.8, 4) is 0 Å². The molecule has 0 radical (unpaired) electrons. The number of likely N-dealkylation sites (tertiary alicyclic amines) is 2. The molecule has 2 atom stereocenters. The Kier molecular flexibility index (Phi) is 5.61. The topological polar surface area (TPSA) is 53.0 Å². The minimum atomic E-state index is -4.19. The molecule has 0 unspecified atom stereocenters. The van der Waals surface area contributed by atoms with Crippen LogP contribution in [0.2, 0.25) is 0 Å². The first-order valence-corrected chi connectivity index (χ1v) is 10.2. The quantitative estimate of drug-likeness (QED) is 0.807. The van der Waals surface area contributed by atoms with Crippen LogP contribution < -0.4 is 0 Å². The third-order valence-corrected chi connectivity index (χ3v) is 6.64. The zero-order valence-corrected chi connectivity index (χ0v) is 16.3. The van der Waals surface area contributed by atoms with Gasteiger partial charge in [0.2, 0.25) is 5.91 Å². The maximum absolute atomic E-state index is 13.3. The molecule has 4 rings (SSSR count). The van der Waals surface area contributed by atoms with E-state index in [4.69, 9.17) is 4.74 Å². The molecule has 29 heavy (non-hydrogen) atoms. The maximum Gasteiger partial charge on any atom is 0.390 e. The van der Waals surface area contributed by atoms with E-state index in [0.717, 1.165) is 5.56 Å². The van der Waals surface area contributed by atoms with E-state index in [2.05, 4.69) is 0 Å². The van der Waals surface area contributed by atoms with Crippen molar-refractivity contribution in [1.29, 1.82) is 0 Å². The summed E-state index contributed by atoms with van der Waals surface area (Å²) in [5, 5.41) is 10.1. The number of nitrogens with zero attached hydrogens (tertiary/aromatic N) is 2. The van der Waals surface area contributed by atoms with E-state index in [0.29, 0.717) is 39.1 Å². The summed E-state index contributed by atoms with van der Waals surface area (Å²) in [5.74, 6) is -0.203. The summed E-state index contributed by atoms with van der Waals surface area (Å²) >= 11 is 0. The smallest absolute Gasteiger partial charge is 0.390 e. The molecule has 3 fully saturated rings. The van der Waals surface area contributed by atoms with Crippen molar-refractivity contribution in [2.24, 2.45) is 5.92 Å². The van der Waals surface area contributed by atoms with Crippen molar-refractivity contribution >= 4 is 5.91 Å². The molecule has 0 aromatic heterocycles. The summed E-state index contributed by atoms with van der Waals surface area (Å²) in [4.78, 5) is 16.9. The Morgan fingerprint density at radius 3 is 2.41 bits per heavy atom. The number of carbonyl (C=O) groups excluding carboxylic acids is 1. The first-order valence-electron chi connectivity index (χ1n) is 10.2. The average Bonchev–Trinajstić information content (AvgIpc) is 2.66. The average molecular weight is 412 g/mol. The van der Waals surface area contributed by atoms with Crippen LogP contribution in [0.3, 0.4) is 0 Å². The molecular weight excluding hydrogens is 385 g/mol. The molecule has 1 N–H and O–H groups in total. The number of ether oxygens (including phenoxy) is 1. The Morgan fingerprint density at radius 1 is 1.17 bits per heavy atom. The third kappa shape index (κ3) is 3.78. The molecule has 0 saturated carbocycles. The highest BCUT2D eigenvalue weighted by atomic mass is 19.4. The van der Waals surface area contributed by atoms with Crippen molar-refractivity contribution in [2.45, 2.75) is 42.9 Å². The van der Waals surface area contributed by atoms with E-state index in [1.54, 1.807) is 9.80 Å². The molecule has 5 nitrogen and oxygen atoms in total. The lowest BCUT2D eigenvalue weighted by atomic mass is 9.60. The van der Waals surface area contributed by atoms with E-state index in [-0.39, 0.29) is 36.9 Å². The standard InChI is InChI=1S/C21H27F3N2O3/c22-21(23,24)8-9-25-13-20(14-25)18(15-4-2-1-3-5-15)17(12-27)26(20)19(28)16-6-10-29-11-7-16/h1-5,16-18,27H,6-14H2/t17-,18-/m0/s1. The number of benzene rings is 1. The molecule has 160 valence electrons. The molecule has 1 aromatic carbocycles. The zero-order chi connectivity index (χ0) is 20.6. The molecule has 3 aliphatic heterocycles. The highest BCUT2D eigenvalue weighted by molar-refractivity contribution is 5.82. The van der Waals surface area contributed by atoms with Gasteiger partial charge in [0.15, 0.2) is 0 Å². The Morgan fingerprint density at radius 2 is 1.83 bits per heavy atom. The fourth-order valence-electron chi connectivity index (χ4n) is 5.33. The Labute approximate surface area is 168 Å². The van der Waals surface area contributed by atoms with Crippen molar-refractivity contribution in [3.63, 3.8) is 0 Å². The fourth-order valence-corrected chi connectivity index (χ4v) is 5.33. The number of amides is 1. The molecule has 1 spiro atoms. The van der Waals surface area contributed by atoms with Crippen LogP contribution >= 0.6 is 0 Å². The summed E-state index contributed by atoms with van der Waals surface area (Å²) in [6.45, 7) is 1.69. The lowest BCUT2D eigenvalue weighted by Gasteiger charge is -2.71. The van der Waals surface area contributed by atoms with Gasteiger partial charge in [0, 0.05) is 44.7 Å². The van der Waals surface area contributed by atoms with E-state index in [1.165, 1.54) is 0 Å². The highest BCUT2D eigenvalue weighted by Gasteiger charge is 2.67. The lowest BCUT2D eigenvalue weighted by molar-refractivity contribution is -0.210. The number of aliphatic hydroxyl groups excluding tert-OH is 1. The second-order valence-corrected chi connectivity index (χ2v) is 8.41. The number of carbonyl (C=O) groups is 1. The van der Waals surface area contributed by atoms with Crippen molar-refractivity contribution in [2.75, 3.05) is 39.5 Å². The van der Waals surface area contributed by atoms with Gasteiger partial charge in [0.25, 0.3) is 0 Å². The van der Waals surface area contributed by atoms with Crippen molar-refractivity contribution in [3.05, 3.63) is 35.9 Å². The van der Waals surface area contributed by atoms with Crippen LogP contribution in [-0.2, 0) is 9.53 Å². The summed E-state index contributed by atoms with van der Waals surface area (Å²) in [6, 6.07) is 9.36. The van der Waals surface area contributed by atoms with Gasteiger partial charge in [-0.25, -0.2) is 0 Å². The normalized spacial score (nSPS) is 27.5. The lowest BCUT2D eigenvalue weighted by Crippen LogP contribution is -2.86. The number of alkyl halides is 3. The minimum Gasteiger partial charge on any atom is -0.394 e. The second kappa shape index (κ2) is 7.89. The molecule has 8 heteroatoms. The summed E-state index contributed by atoms with van der Waals surface area (Å²) in [6.07, 6.45) is -3.74. The predicted molar refractivity (Wildman–Crippen MR) is 100 cm³/mol. The van der Waals surface area contributed by atoms with Crippen LogP contribution in [0.5, 0.6) is 0 Å². The number of rotatable bonds is 5. The van der Waals surface area contributed by atoms with Crippen LogP contribution in [0.4, 0.5) is 13.2 Å². The highest BCUT2D eigenvalue weighted by Crippen LogP contribution is 2.54. The molecule has 3 aliphatic rings. The SMILES string of the molecule is O=C(C1CCOCC1)N1[C@@H](CO)[C@H](c2ccccc2)C12CN(CCC(F)(F)F)C2. The number of halogens is 3. The first kappa shape index (κ1) is 20.6. The molecule has 3 saturated heterocycles. The first-order chi connectivity index (χ1) is 13.9. The number of aliphatic hydroxyl groups is 1. The molecule has 1 aromatic rings. The Bertz CT molecular complexity index is 716. The largest absolute Gasteiger partial charge is 0.394 e. The number of hydrogen-bond donors (Lipinski definition) is 1. The maximum atomic E-state index is 13.3. The van der Waals surface area contributed by atoms with Gasteiger partial charge in [-0.1, -0.05) is 30.3 Å². The summed E-state index contributed by atoms with van der Waals surface area (Å²) in [7, 11) is 0. The second-order valence-electron chi connectivity index (χ2n) is 8.41. The van der Waals surface area contributed by atoms with E-state index >= 15 is 0 Å². The molecule has 0 bridgehead atoms.